The van der Waals surface area contributed by atoms with Crippen molar-refractivity contribution in [3.8, 4) is 0 Å². The van der Waals surface area contributed by atoms with Crippen LogP contribution in [0.15, 0.2) is 35.6 Å². The number of rotatable bonds is 5. The van der Waals surface area contributed by atoms with Crippen LogP contribution in [0.4, 0.5) is 0 Å². The van der Waals surface area contributed by atoms with Crippen LogP contribution in [0, 0.1) is 5.41 Å². The average molecular weight is 264 g/mol. The first-order chi connectivity index (χ1) is 8.78. The first-order valence-electron chi connectivity index (χ1n) is 7.19. The maximum Gasteiger partial charge on any atom is 0.102 e. The molecule has 2 nitrogen and oxygen atoms in total. The predicted molar refractivity (Wildman–Crippen MR) is 80.9 cm³/mol. The topological polar surface area (TPSA) is 29.5 Å². The molecule has 1 unspecified atom stereocenters. The molecule has 0 amide bonds. The van der Waals surface area contributed by atoms with Crippen LogP contribution in [0.25, 0.3) is 0 Å². The molecule has 1 aliphatic rings. The van der Waals surface area contributed by atoms with Crippen molar-refractivity contribution in [2.45, 2.75) is 59.5 Å². The van der Waals surface area contributed by atoms with Gasteiger partial charge in [0, 0.05) is 0 Å². The third kappa shape index (κ3) is 4.87. The highest BCUT2D eigenvalue weighted by atomic mass is 16.5. The summed E-state index contributed by atoms with van der Waals surface area (Å²) in [6.45, 7) is 11.1. The van der Waals surface area contributed by atoms with Crippen molar-refractivity contribution in [3.05, 3.63) is 35.6 Å². The lowest BCUT2D eigenvalue weighted by Crippen LogP contribution is -2.21. The standard InChI is InChI=1S/C17H28O2/c1-6-19-13-12-17(5,18)11-9-15-14(2)8-7-10-16(15,3)4/h9,11-13,18H,6-8,10H2,1-5H3. The van der Waals surface area contributed by atoms with Crippen LogP contribution >= 0.6 is 0 Å². The van der Waals surface area contributed by atoms with Gasteiger partial charge in [-0.25, -0.2) is 0 Å². The molecule has 0 aromatic rings. The van der Waals surface area contributed by atoms with Crippen LogP contribution in [0.3, 0.4) is 0 Å². The summed E-state index contributed by atoms with van der Waals surface area (Å²) in [5, 5.41) is 10.3. The Morgan fingerprint density at radius 3 is 2.63 bits per heavy atom. The van der Waals surface area contributed by atoms with Crippen LogP contribution < -0.4 is 0 Å². The van der Waals surface area contributed by atoms with Gasteiger partial charge in [-0.3, -0.25) is 0 Å². The molecule has 1 atom stereocenters. The number of hydrogen-bond donors (Lipinski definition) is 1. The maximum absolute atomic E-state index is 10.3. The van der Waals surface area contributed by atoms with Crippen LogP contribution in [0.2, 0.25) is 0 Å². The van der Waals surface area contributed by atoms with E-state index in [2.05, 4.69) is 26.8 Å². The molecule has 0 bridgehead atoms. The Bertz CT molecular complexity index is 384. The number of aliphatic hydroxyl groups is 1. The molecule has 19 heavy (non-hydrogen) atoms. The highest BCUT2D eigenvalue weighted by Gasteiger charge is 2.27. The lowest BCUT2D eigenvalue weighted by molar-refractivity contribution is 0.157. The van der Waals surface area contributed by atoms with Gasteiger partial charge < -0.3 is 9.84 Å². The first-order valence-corrected chi connectivity index (χ1v) is 7.19. The third-order valence-corrected chi connectivity index (χ3v) is 3.80. The summed E-state index contributed by atoms with van der Waals surface area (Å²) in [4.78, 5) is 0. The number of hydrogen-bond acceptors (Lipinski definition) is 2. The second-order valence-electron chi connectivity index (χ2n) is 6.25. The fraction of sp³-hybridized carbons (Fsp3) is 0.647. The summed E-state index contributed by atoms with van der Waals surface area (Å²) < 4.78 is 5.14. The van der Waals surface area contributed by atoms with Crippen LogP contribution in [-0.4, -0.2) is 17.3 Å². The normalized spacial score (nSPS) is 23.1. The molecule has 108 valence electrons. The lowest BCUT2D eigenvalue weighted by Gasteiger charge is -2.33. The predicted octanol–water partition coefficient (Wildman–Crippen LogP) is 4.37. The Balaban J connectivity index is 2.84. The minimum Gasteiger partial charge on any atom is -0.502 e. The molecule has 0 saturated carbocycles. The summed E-state index contributed by atoms with van der Waals surface area (Å²) in [7, 11) is 0. The first kappa shape index (κ1) is 16.0. The third-order valence-electron chi connectivity index (χ3n) is 3.80. The van der Waals surface area contributed by atoms with E-state index < -0.39 is 5.60 Å². The molecule has 2 heteroatoms. The van der Waals surface area contributed by atoms with Crippen molar-refractivity contribution in [1.29, 1.82) is 0 Å². The molecule has 0 aliphatic heterocycles. The smallest absolute Gasteiger partial charge is 0.102 e. The van der Waals surface area contributed by atoms with Crippen LogP contribution in [0.1, 0.15) is 53.9 Å². The fourth-order valence-electron chi connectivity index (χ4n) is 2.60. The van der Waals surface area contributed by atoms with Gasteiger partial charge in [-0.2, -0.15) is 0 Å². The van der Waals surface area contributed by atoms with Gasteiger partial charge in [-0.1, -0.05) is 25.5 Å². The Kier molecular flexibility index (Phi) is 5.42. The van der Waals surface area contributed by atoms with Crippen molar-refractivity contribution in [2.75, 3.05) is 6.61 Å². The molecular weight excluding hydrogens is 236 g/mol. The minimum absolute atomic E-state index is 0.207. The van der Waals surface area contributed by atoms with E-state index in [1.807, 2.05) is 13.0 Å². The molecule has 0 spiro atoms. The average Bonchev–Trinajstić information content (AvgIpc) is 2.27. The summed E-state index contributed by atoms with van der Waals surface area (Å²) in [6, 6.07) is 0. The molecule has 0 aromatic heterocycles. The van der Waals surface area contributed by atoms with Gasteiger partial charge in [-0.05, 0) is 63.2 Å². The van der Waals surface area contributed by atoms with Crippen molar-refractivity contribution >= 4 is 0 Å². The SMILES string of the molecule is CCOC=CC(C)(O)C=CC1=C(C)CCCC1(C)C. The Morgan fingerprint density at radius 1 is 1.37 bits per heavy atom. The molecule has 1 N–H and O–H groups in total. The Hall–Kier alpha value is -1.02. The molecule has 1 aliphatic carbocycles. The Morgan fingerprint density at radius 2 is 2.05 bits per heavy atom. The second-order valence-corrected chi connectivity index (χ2v) is 6.25. The van der Waals surface area contributed by atoms with Gasteiger partial charge in [0.15, 0.2) is 0 Å². The Labute approximate surface area is 117 Å². The monoisotopic (exact) mass is 264 g/mol. The van der Waals surface area contributed by atoms with E-state index >= 15 is 0 Å². The molecule has 0 radical (unpaired) electrons. The quantitative estimate of drug-likeness (QED) is 0.747. The summed E-state index contributed by atoms with van der Waals surface area (Å²) in [5.74, 6) is 0. The van der Waals surface area contributed by atoms with Gasteiger partial charge in [0.1, 0.15) is 5.60 Å². The summed E-state index contributed by atoms with van der Waals surface area (Å²) in [6.07, 6.45) is 10.8. The molecule has 0 aromatic carbocycles. The van der Waals surface area contributed by atoms with E-state index in [1.165, 1.54) is 30.4 Å². The molecular formula is C17H28O2. The van der Waals surface area contributed by atoms with Gasteiger partial charge in [0.25, 0.3) is 0 Å². The maximum atomic E-state index is 10.3. The molecule has 1 rings (SSSR count). The minimum atomic E-state index is -0.962. The molecule has 0 fully saturated rings. The van der Waals surface area contributed by atoms with Crippen LogP contribution in [0.5, 0.6) is 0 Å². The van der Waals surface area contributed by atoms with Gasteiger partial charge >= 0.3 is 0 Å². The van der Waals surface area contributed by atoms with E-state index in [4.69, 9.17) is 4.74 Å². The van der Waals surface area contributed by atoms with Gasteiger partial charge in [0.05, 0.1) is 12.9 Å². The zero-order chi connectivity index (χ0) is 14.5. The van der Waals surface area contributed by atoms with Crippen molar-refractivity contribution in [2.24, 2.45) is 5.41 Å². The zero-order valence-corrected chi connectivity index (χ0v) is 13.0. The van der Waals surface area contributed by atoms with E-state index in [0.29, 0.717) is 6.61 Å². The largest absolute Gasteiger partial charge is 0.502 e. The van der Waals surface area contributed by atoms with E-state index in [0.717, 1.165) is 0 Å². The van der Waals surface area contributed by atoms with Gasteiger partial charge in [0.2, 0.25) is 0 Å². The van der Waals surface area contributed by atoms with Crippen LogP contribution in [-0.2, 0) is 4.74 Å². The summed E-state index contributed by atoms with van der Waals surface area (Å²) in [5.41, 5.74) is 2.05. The highest BCUT2D eigenvalue weighted by molar-refractivity contribution is 5.34. The van der Waals surface area contributed by atoms with E-state index in [1.54, 1.807) is 19.3 Å². The molecule has 0 saturated heterocycles. The van der Waals surface area contributed by atoms with Crippen molar-refractivity contribution < 1.29 is 9.84 Å². The zero-order valence-electron chi connectivity index (χ0n) is 13.0. The highest BCUT2D eigenvalue weighted by Crippen LogP contribution is 2.40. The van der Waals surface area contributed by atoms with Crippen molar-refractivity contribution in [3.63, 3.8) is 0 Å². The van der Waals surface area contributed by atoms with E-state index in [9.17, 15) is 5.11 Å². The van der Waals surface area contributed by atoms with Gasteiger partial charge in [-0.15, -0.1) is 0 Å². The fourth-order valence-corrected chi connectivity index (χ4v) is 2.60. The lowest BCUT2D eigenvalue weighted by atomic mass is 9.72. The van der Waals surface area contributed by atoms with E-state index in [-0.39, 0.29) is 5.41 Å². The number of ether oxygens (including phenoxy) is 1. The second kappa shape index (κ2) is 6.42. The van der Waals surface area contributed by atoms with Crippen molar-refractivity contribution in [1.82, 2.24) is 0 Å². The molecule has 0 heterocycles. The number of allylic oxidation sites excluding steroid dienone is 3. The summed E-state index contributed by atoms with van der Waals surface area (Å²) >= 11 is 0.